The normalized spacial score (nSPS) is 18.9. The predicted molar refractivity (Wildman–Crippen MR) is 70.0 cm³/mol. The first kappa shape index (κ1) is 12.6. The summed E-state index contributed by atoms with van der Waals surface area (Å²) in [5, 5.41) is 0.396. The smallest absolute Gasteiger partial charge is 0.239 e. The molecule has 1 aromatic rings. The zero-order valence-corrected chi connectivity index (χ0v) is 11.8. The Bertz CT molecular complexity index is 513. The lowest BCUT2D eigenvalue weighted by Gasteiger charge is -2.19. The zero-order valence-electron chi connectivity index (χ0n) is 9.46. The number of carbonyl (C=O) groups excluding carboxylic acids is 2. The number of rotatable bonds is 1. The molecular formula is C12H11BrClNO2. The molecule has 1 aromatic carbocycles. The van der Waals surface area contributed by atoms with Crippen molar-refractivity contribution in [1.82, 2.24) is 0 Å². The van der Waals surface area contributed by atoms with Crippen LogP contribution in [0.3, 0.4) is 0 Å². The third-order valence-corrected chi connectivity index (χ3v) is 3.59. The minimum atomic E-state index is -0.650. The number of amides is 2. The summed E-state index contributed by atoms with van der Waals surface area (Å²) >= 11 is 9.34. The summed E-state index contributed by atoms with van der Waals surface area (Å²) in [7, 11) is 0. The van der Waals surface area contributed by atoms with Crippen molar-refractivity contribution in [2.75, 3.05) is 4.90 Å². The molecule has 90 valence electrons. The molecule has 2 rings (SSSR count). The van der Waals surface area contributed by atoms with Crippen LogP contribution >= 0.6 is 27.5 Å². The fourth-order valence-electron chi connectivity index (χ4n) is 1.85. The molecule has 2 amide bonds. The molecule has 1 aliphatic heterocycles. The Morgan fingerprint density at radius 3 is 2.53 bits per heavy atom. The highest BCUT2D eigenvalue weighted by molar-refractivity contribution is 9.10. The van der Waals surface area contributed by atoms with Gasteiger partial charge < -0.3 is 0 Å². The first-order valence-corrected chi connectivity index (χ1v) is 6.32. The summed E-state index contributed by atoms with van der Waals surface area (Å²) in [5.41, 5.74) is -0.204. The molecule has 0 spiro atoms. The molecule has 0 saturated carbocycles. The molecule has 0 unspecified atom stereocenters. The van der Waals surface area contributed by atoms with Crippen molar-refractivity contribution >= 4 is 45.0 Å². The fraction of sp³-hybridized carbons (Fsp3) is 0.333. The summed E-state index contributed by atoms with van der Waals surface area (Å²) in [4.78, 5) is 25.2. The maximum Gasteiger partial charge on any atom is 0.239 e. The van der Waals surface area contributed by atoms with Gasteiger partial charge in [0.1, 0.15) is 0 Å². The number of nitrogens with zero attached hydrogens (tertiary/aromatic N) is 1. The van der Waals surface area contributed by atoms with Crippen LogP contribution in [0.25, 0.3) is 0 Å². The number of imide groups is 1. The standard InChI is InChI=1S/C12H11BrClNO2/c1-12(2)6-10(16)15(11(12)17)9-5-7(13)3-4-8(9)14/h3-5H,6H2,1-2H3. The second-order valence-electron chi connectivity index (χ2n) is 4.69. The van der Waals surface area contributed by atoms with Gasteiger partial charge in [0.05, 0.1) is 16.1 Å². The molecule has 5 heteroatoms. The molecule has 0 aromatic heterocycles. The Morgan fingerprint density at radius 1 is 1.35 bits per heavy atom. The van der Waals surface area contributed by atoms with Gasteiger partial charge in [0, 0.05) is 10.9 Å². The van der Waals surface area contributed by atoms with Gasteiger partial charge in [0.15, 0.2) is 0 Å². The summed E-state index contributed by atoms with van der Waals surface area (Å²) in [6, 6.07) is 5.11. The van der Waals surface area contributed by atoms with E-state index in [1.54, 1.807) is 32.0 Å². The van der Waals surface area contributed by atoms with Crippen LogP contribution in [0.2, 0.25) is 5.02 Å². The minimum absolute atomic E-state index is 0.206. The maximum atomic E-state index is 12.1. The molecule has 0 atom stereocenters. The van der Waals surface area contributed by atoms with Gasteiger partial charge in [-0.3, -0.25) is 9.59 Å². The van der Waals surface area contributed by atoms with E-state index in [1.807, 2.05) is 0 Å². The van der Waals surface area contributed by atoms with Gasteiger partial charge in [0.2, 0.25) is 11.8 Å². The highest BCUT2D eigenvalue weighted by Crippen LogP contribution is 2.38. The third-order valence-electron chi connectivity index (χ3n) is 2.77. The molecule has 17 heavy (non-hydrogen) atoms. The van der Waals surface area contributed by atoms with E-state index in [1.165, 1.54) is 4.90 Å². The second kappa shape index (κ2) is 4.10. The summed E-state index contributed by atoms with van der Waals surface area (Å²) in [6.45, 7) is 3.53. The van der Waals surface area contributed by atoms with Crippen LogP contribution in [0.1, 0.15) is 20.3 Å². The quantitative estimate of drug-likeness (QED) is 0.745. The predicted octanol–water partition coefficient (Wildman–Crippen LogP) is 3.39. The van der Waals surface area contributed by atoms with Crippen molar-refractivity contribution in [3.8, 4) is 0 Å². The van der Waals surface area contributed by atoms with Gasteiger partial charge in [-0.25, -0.2) is 4.90 Å². The molecular weight excluding hydrogens is 305 g/mol. The number of halogens is 2. The summed E-state index contributed by atoms with van der Waals surface area (Å²) in [6.07, 6.45) is 0.217. The number of carbonyl (C=O) groups is 2. The van der Waals surface area contributed by atoms with Gasteiger partial charge in [-0.2, -0.15) is 0 Å². The number of hydrogen-bond acceptors (Lipinski definition) is 2. The Balaban J connectivity index is 2.51. The Kier molecular flexibility index (Phi) is 3.04. The lowest BCUT2D eigenvalue weighted by atomic mass is 9.92. The van der Waals surface area contributed by atoms with Crippen LogP contribution in [0, 0.1) is 5.41 Å². The van der Waals surface area contributed by atoms with E-state index in [2.05, 4.69) is 15.9 Å². The number of anilines is 1. The van der Waals surface area contributed by atoms with E-state index in [-0.39, 0.29) is 18.2 Å². The Morgan fingerprint density at radius 2 is 2.00 bits per heavy atom. The lowest BCUT2D eigenvalue weighted by Crippen LogP contribution is -2.33. The fourth-order valence-corrected chi connectivity index (χ4v) is 2.40. The monoisotopic (exact) mass is 315 g/mol. The molecule has 1 heterocycles. The molecule has 1 fully saturated rings. The van der Waals surface area contributed by atoms with Crippen LogP contribution in [0.15, 0.2) is 22.7 Å². The average molecular weight is 317 g/mol. The van der Waals surface area contributed by atoms with Gasteiger partial charge >= 0.3 is 0 Å². The van der Waals surface area contributed by atoms with Gasteiger partial charge in [0.25, 0.3) is 0 Å². The van der Waals surface area contributed by atoms with Crippen LogP contribution in [-0.4, -0.2) is 11.8 Å². The molecule has 0 bridgehead atoms. The highest BCUT2D eigenvalue weighted by atomic mass is 79.9. The zero-order chi connectivity index (χ0) is 12.8. The first-order chi connectivity index (χ1) is 7.83. The van der Waals surface area contributed by atoms with Crippen LogP contribution < -0.4 is 4.90 Å². The van der Waals surface area contributed by atoms with E-state index in [9.17, 15) is 9.59 Å². The molecule has 0 N–H and O–H groups in total. The molecule has 1 saturated heterocycles. The van der Waals surface area contributed by atoms with E-state index < -0.39 is 5.41 Å². The van der Waals surface area contributed by atoms with E-state index in [0.29, 0.717) is 10.7 Å². The summed E-state index contributed by atoms with van der Waals surface area (Å²) in [5.74, 6) is -0.414. The van der Waals surface area contributed by atoms with Gasteiger partial charge in [-0.1, -0.05) is 41.4 Å². The third kappa shape index (κ3) is 2.11. The SMILES string of the molecule is CC1(C)CC(=O)N(c2cc(Br)ccc2Cl)C1=O. The van der Waals surface area contributed by atoms with Crippen molar-refractivity contribution in [2.45, 2.75) is 20.3 Å². The van der Waals surface area contributed by atoms with Crippen LogP contribution in [0.4, 0.5) is 5.69 Å². The largest absolute Gasteiger partial charge is 0.274 e. The topological polar surface area (TPSA) is 37.4 Å². The maximum absolute atomic E-state index is 12.1. The molecule has 0 radical (unpaired) electrons. The number of benzene rings is 1. The number of hydrogen-bond donors (Lipinski definition) is 0. The highest BCUT2D eigenvalue weighted by Gasteiger charge is 2.46. The second-order valence-corrected chi connectivity index (χ2v) is 6.01. The molecule has 0 aliphatic carbocycles. The van der Waals surface area contributed by atoms with E-state index in [4.69, 9.17) is 11.6 Å². The average Bonchev–Trinajstić information content (AvgIpc) is 2.41. The van der Waals surface area contributed by atoms with Crippen molar-refractivity contribution in [3.05, 3.63) is 27.7 Å². The Hall–Kier alpha value is -0.870. The van der Waals surface area contributed by atoms with Crippen LogP contribution in [-0.2, 0) is 9.59 Å². The first-order valence-electron chi connectivity index (χ1n) is 5.15. The van der Waals surface area contributed by atoms with E-state index >= 15 is 0 Å². The summed E-state index contributed by atoms with van der Waals surface area (Å²) < 4.78 is 0.780. The molecule has 3 nitrogen and oxygen atoms in total. The minimum Gasteiger partial charge on any atom is -0.274 e. The van der Waals surface area contributed by atoms with Crippen LogP contribution in [0.5, 0.6) is 0 Å². The Labute approximate surface area is 113 Å². The van der Waals surface area contributed by atoms with E-state index in [0.717, 1.165) is 4.47 Å². The lowest BCUT2D eigenvalue weighted by molar-refractivity contribution is -0.124. The van der Waals surface area contributed by atoms with Crippen molar-refractivity contribution in [3.63, 3.8) is 0 Å². The van der Waals surface area contributed by atoms with Crippen molar-refractivity contribution in [2.24, 2.45) is 5.41 Å². The molecule has 1 aliphatic rings. The van der Waals surface area contributed by atoms with Crippen molar-refractivity contribution < 1.29 is 9.59 Å². The van der Waals surface area contributed by atoms with Crippen molar-refractivity contribution in [1.29, 1.82) is 0 Å². The van der Waals surface area contributed by atoms with Gasteiger partial charge in [-0.15, -0.1) is 0 Å². The van der Waals surface area contributed by atoms with Gasteiger partial charge in [-0.05, 0) is 18.2 Å².